The van der Waals surface area contributed by atoms with Crippen molar-refractivity contribution in [2.24, 2.45) is 5.92 Å². The smallest absolute Gasteiger partial charge is 0.193 e. The molecule has 0 spiro atoms. The molecule has 0 N–H and O–H groups in total. The Bertz CT molecular complexity index is 884. The van der Waals surface area contributed by atoms with Crippen LogP contribution in [0.5, 0.6) is 0 Å². The van der Waals surface area contributed by atoms with Crippen LogP contribution >= 0.6 is 11.3 Å². The summed E-state index contributed by atoms with van der Waals surface area (Å²) in [6.07, 6.45) is 7.18. The van der Waals surface area contributed by atoms with Crippen molar-refractivity contribution in [3.05, 3.63) is 71.2 Å². The van der Waals surface area contributed by atoms with Crippen LogP contribution in [0.3, 0.4) is 0 Å². The number of benzene rings is 1. The van der Waals surface area contributed by atoms with Gasteiger partial charge in [0, 0.05) is 43.1 Å². The van der Waals surface area contributed by atoms with Gasteiger partial charge in [-0.3, -0.25) is 4.57 Å². The van der Waals surface area contributed by atoms with Crippen molar-refractivity contribution >= 4 is 11.3 Å². The standard InChI is InChI=1S/C23H29FN4S/c1-26(18-21-6-4-12-28(21)23-25-11-16-29-23)17-19-8-13-27(14-9-19)15-10-20-5-2-3-7-22(20)24/h2-7,11-12,16,19H,8-10,13-15,17-18H2,1H3. The Kier molecular flexibility index (Phi) is 6.74. The average molecular weight is 413 g/mol. The molecule has 1 aliphatic rings. The summed E-state index contributed by atoms with van der Waals surface area (Å²) in [7, 11) is 2.21. The molecule has 2 aromatic heterocycles. The first kappa shape index (κ1) is 20.3. The molecule has 0 saturated carbocycles. The van der Waals surface area contributed by atoms with E-state index < -0.39 is 0 Å². The summed E-state index contributed by atoms with van der Waals surface area (Å²) in [5.41, 5.74) is 2.11. The van der Waals surface area contributed by atoms with Crippen molar-refractivity contribution in [3.8, 4) is 5.13 Å². The van der Waals surface area contributed by atoms with Crippen molar-refractivity contribution in [1.29, 1.82) is 0 Å². The topological polar surface area (TPSA) is 24.3 Å². The third-order valence-corrected chi connectivity index (χ3v) is 6.59. The molecule has 6 heteroatoms. The number of aromatic nitrogens is 2. The maximum atomic E-state index is 13.8. The lowest BCUT2D eigenvalue weighted by atomic mass is 9.96. The fourth-order valence-corrected chi connectivity index (χ4v) is 4.88. The summed E-state index contributed by atoms with van der Waals surface area (Å²) < 4.78 is 16.0. The Morgan fingerprint density at radius 2 is 2.00 bits per heavy atom. The van der Waals surface area contributed by atoms with E-state index in [1.165, 1.54) is 18.5 Å². The molecular weight excluding hydrogens is 383 g/mol. The molecule has 3 aromatic rings. The van der Waals surface area contributed by atoms with Gasteiger partial charge in [-0.05, 0) is 69.1 Å². The summed E-state index contributed by atoms with van der Waals surface area (Å²) >= 11 is 1.67. The summed E-state index contributed by atoms with van der Waals surface area (Å²) in [4.78, 5) is 9.34. The van der Waals surface area contributed by atoms with Gasteiger partial charge in [-0.15, -0.1) is 11.3 Å². The van der Waals surface area contributed by atoms with Gasteiger partial charge in [0.05, 0.1) is 0 Å². The molecule has 29 heavy (non-hydrogen) atoms. The minimum absolute atomic E-state index is 0.0773. The van der Waals surface area contributed by atoms with Crippen molar-refractivity contribution in [2.45, 2.75) is 25.8 Å². The monoisotopic (exact) mass is 412 g/mol. The second-order valence-electron chi connectivity index (χ2n) is 8.01. The van der Waals surface area contributed by atoms with Crippen molar-refractivity contribution in [3.63, 3.8) is 0 Å². The number of rotatable bonds is 8. The highest BCUT2D eigenvalue weighted by atomic mass is 32.1. The predicted octanol–water partition coefficient (Wildman–Crippen LogP) is 4.46. The molecule has 0 unspecified atom stereocenters. The number of likely N-dealkylation sites (tertiary alicyclic amines) is 1. The van der Waals surface area contributed by atoms with Crippen LogP contribution in [0.15, 0.2) is 54.2 Å². The molecule has 4 nitrogen and oxygen atoms in total. The molecule has 4 rings (SSSR count). The van der Waals surface area contributed by atoms with Crippen LogP contribution in [-0.2, 0) is 13.0 Å². The Balaban J connectivity index is 1.22. The second-order valence-corrected chi connectivity index (χ2v) is 8.88. The second kappa shape index (κ2) is 9.65. The quantitative estimate of drug-likeness (QED) is 0.546. The van der Waals surface area contributed by atoms with E-state index in [9.17, 15) is 4.39 Å². The largest absolute Gasteiger partial charge is 0.303 e. The number of piperidine rings is 1. The Morgan fingerprint density at radius 3 is 2.76 bits per heavy atom. The lowest BCUT2D eigenvalue weighted by molar-refractivity contribution is 0.152. The molecule has 0 bridgehead atoms. The molecule has 1 fully saturated rings. The lowest BCUT2D eigenvalue weighted by Crippen LogP contribution is -2.38. The first-order valence-corrected chi connectivity index (χ1v) is 11.3. The van der Waals surface area contributed by atoms with E-state index in [1.54, 1.807) is 23.5 Å². The van der Waals surface area contributed by atoms with E-state index in [0.717, 1.165) is 55.8 Å². The molecule has 154 valence electrons. The third-order valence-electron chi connectivity index (χ3n) is 5.82. The molecule has 0 atom stereocenters. The highest BCUT2D eigenvalue weighted by Gasteiger charge is 2.21. The third kappa shape index (κ3) is 5.32. The van der Waals surface area contributed by atoms with Gasteiger partial charge in [0.1, 0.15) is 5.82 Å². The number of hydrogen-bond donors (Lipinski definition) is 0. The van der Waals surface area contributed by atoms with Crippen LogP contribution in [0, 0.1) is 11.7 Å². The minimum atomic E-state index is -0.0773. The van der Waals surface area contributed by atoms with Gasteiger partial charge in [0.25, 0.3) is 0 Å². The van der Waals surface area contributed by atoms with Gasteiger partial charge >= 0.3 is 0 Å². The minimum Gasteiger partial charge on any atom is -0.303 e. The Morgan fingerprint density at radius 1 is 1.17 bits per heavy atom. The van der Waals surface area contributed by atoms with Gasteiger partial charge in [0.2, 0.25) is 0 Å². The highest BCUT2D eigenvalue weighted by molar-refractivity contribution is 7.12. The van der Waals surface area contributed by atoms with Crippen molar-refractivity contribution in [2.75, 3.05) is 33.2 Å². The van der Waals surface area contributed by atoms with Crippen molar-refractivity contribution in [1.82, 2.24) is 19.4 Å². The van der Waals surface area contributed by atoms with Crippen LogP contribution in [0.1, 0.15) is 24.1 Å². The predicted molar refractivity (Wildman–Crippen MR) is 117 cm³/mol. The first-order valence-electron chi connectivity index (χ1n) is 10.4. The molecule has 0 aliphatic carbocycles. The van der Waals surface area contributed by atoms with Crippen LogP contribution in [0.2, 0.25) is 0 Å². The van der Waals surface area contributed by atoms with Crippen LogP contribution in [0.25, 0.3) is 5.13 Å². The van der Waals surface area contributed by atoms with Gasteiger partial charge in [0.15, 0.2) is 5.13 Å². The van der Waals surface area contributed by atoms with Gasteiger partial charge in [-0.1, -0.05) is 18.2 Å². The van der Waals surface area contributed by atoms with Gasteiger partial charge < -0.3 is 9.80 Å². The Labute approximate surface area is 176 Å². The van der Waals surface area contributed by atoms with E-state index in [4.69, 9.17) is 0 Å². The van der Waals surface area contributed by atoms with Gasteiger partial charge in [-0.2, -0.15) is 0 Å². The summed E-state index contributed by atoms with van der Waals surface area (Å²) in [5, 5.41) is 3.05. The fraction of sp³-hybridized carbons (Fsp3) is 0.435. The molecular formula is C23H29FN4S. The number of thiazole rings is 1. The molecule has 0 radical (unpaired) electrons. The zero-order chi connectivity index (χ0) is 20.1. The summed E-state index contributed by atoms with van der Waals surface area (Å²) in [6, 6.07) is 11.4. The van der Waals surface area contributed by atoms with E-state index in [0.29, 0.717) is 0 Å². The molecule has 0 amide bonds. The van der Waals surface area contributed by atoms with E-state index in [1.807, 2.05) is 23.7 Å². The SMILES string of the molecule is CN(Cc1cccn1-c1nccs1)CC1CCN(CCc2ccccc2F)CC1. The summed E-state index contributed by atoms with van der Waals surface area (Å²) in [6.45, 7) is 5.22. The normalized spacial score (nSPS) is 16.0. The van der Waals surface area contributed by atoms with Crippen LogP contribution < -0.4 is 0 Å². The zero-order valence-electron chi connectivity index (χ0n) is 17.0. The first-order chi connectivity index (χ1) is 14.2. The molecule has 1 aliphatic heterocycles. The number of hydrogen-bond acceptors (Lipinski definition) is 4. The molecule has 3 heterocycles. The summed E-state index contributed by atoms with van der Waals surface area (Å²) in [5.74, 6) is 0.652. The van der Waals surface area contributed by atoms with Crippen molar-refractivity contribution < 1.29 is 4.39 Å². The maximum absolute atomic E-state index is 13.8. The van der Waals surface area contributed by atoms with E-state index in [2.05, 4.69) is 44.7 Å². The fourth-order valence-electron chi connectivity index (χ4n) is 4.22. The van der Waals surface area contributed by atoms with Crippen LogP contribution in [-0.4, -0.2) is 52.6 Å². The highest BCUT2D eigenvalue weighted by Crippen LogP contribution is 2.21. The number of halogens is 1. The Hall–Kier alpha value is -2.02. The van der Waals surface area contributed by atoms with Gasteiger partial charge in [-0.25, -0.2) is 9.37 Å². The maximum Gasteiger partial charge on any atom is 0.193 e. The van der Waals surface area contributed by atoms with Crippen LogP contribution in [0.4, 0.5) is 4.39 Å². The zero-order valence-corrected chi connectivity index (χ0v) is 17.8. The molecule has 1 saturated heterocycles. The van der Waals surface area contributed by atoms with E-state index in [-0.39, 0.29) is 5.82 Å². The number of nitrogens with zero attached hydrogens (tertiary/aromatic N) is 4. The molecule has 1 aromatic carbocycles. The lowest BCUT2D eigenvalue weighted by Gasteiger charge is -2.34. The van der Waals surface area contributed by atoms with E-state index >= 15 is 0 Å². The average Bonchev–Trinajstić information content (AvgIpc) is 3.40.